The predicted molar refractivity (Wildman–Crippen MR) is 423 cm³/mol. The maximum atomic E-state index is 14.9. The maximum absolute atomic E-state index is 14.9. The number of hydrogen-bond acceptors (Lipinski definition) is 23. The van der Waals surface area contributed by atoms with Gasteiger partial charge in [0.15, 0.2) is 11.7 Å². The number of aromatic nitrogens is 1. The second kappa shape index (κ2) is 43.8. The van der Waals surface area contributed by atoms with Crippen molar-refractivity contribution in [2.45, 2.75) is 170 Å². The lowest BCUT2D eigenvalue weighted by Gasteiger charge is -2.30. The highest BCUT2D eigenvalue weighted by Gasteiger charge is 2.42. The first kappa shape index (κ1) is 86.9. The van der Waals surface area contributed by atoms with Gasteiger partial charge in [0.05, 0.1) is 23.9 Å². The van der Waals surface area contributed by atoms with Gasteiger partial charge in [0.2, 0.25) is 41.4 Å². The highest BCUT2D eigenvalue weighted by molar-refractivity contribution is 8.77. The van der Waals surface area contributed by atoms with Crippen molar-refractivity contribution in [2.24, 2.45) is 21.9 Å². The summed E-state index contributed by atoms with van der Waals surface area (Å²) in [5, 5.41) is 21.3. The molecule has 0 radical (unpaired) electrons. The number of hydrogen-bond donors (Lipinski definition) is 8. The van der Waals surface area contributed by atoms with E-state index in [1.54, 1.807) is 60.8 Å². The molecule has 5 aromatic rings. The van der Waals surface area contributed by atoms with Crippen molar-refractivity contribution in [1.82, 2.24) is 51.2 Å². The molecule has 1 aromatic heterocycles. The van der Waals surface area contributed by atoms with Gasteiger partial charge >= 0.3 is 18.0 Å². The van der Waals surface area contributed by atoms with Crippen LogP contribution in [0.4, 0.5) is 16.2 Å². The van der Waals surface area contributed by atoms with Crippen molar-refractivity contribution in [3.05, 3.63) is 142 Å². The number of amides is 9. The van der Waals surface area contributed by atoms with E-state index in [1.807, 2.05) is 88.3 Å². The number of fused-ring (bicyclic) bond motifs is 1. The normalized spacial score (nSPS) is 16.8. The van der Waals surface area contributed by atoms with Gasteiger partial charge in [0.1, 0.15) is 55.5 Å². The van der Waals surface area contributed by atoms with Crippen LogP contribution >= 0.6 is 45.1 Å². The predicted octanol–water partition coefficient (Wildman–Crippen LogP) is 8.77. The summed E-state index contributed by atoms with van der Waals surface area (Å²) in [4.78, 5) is 181. The molecular weight excluding hydrogens is 1510 g/mol. The van der Waals surface area contributed by atoms with E-state index in [9.17, 15) is 57.5 Å². The zero-order chi connectivity index (χ0) is 80.0. The highest BCUT2D eigenvalue weighted by Crippen LogP contribution is 2.37. The van der Waals surface area contributed by atoms with Crippen molar-refractivity contribution in [2.75, 3.05) is 64.3 Å². The summed E-state index contributed by atoms with van der Waals surface area (Å²) in [6, 6.07) is 20.7. The van der Waals surface area contributed by atoms with Crippen molar-refractivity contribution in [3.8, 4) is 0 Å². The van der Waals surface area contributed by atoms with Gasteiger partial charge in [-0.25, -0.2) is 15.1 Å². The smallest absolute Gasteiger partial charge is 0.411 e. The number of unbranched alkanes of at least 4 members (excludes halogenated alkanes) is 2. The first-order valence-electron chi connectivity index (χ1n) is 36.8. The topological polar surface area (TPSA) is 432 Å². The van der Waals surface area contributed by atoms with E-state index >= 15 is 0 Å². The molecule has 596 valence electrons. The highest BCUT2D eigenvalue weighted by atomic mass is 33.1. The van der Waals surface area contributed by atoms with E-state index in [1.165, 1.54) is 48.0 Å². The minimum atomic E-state index is -1.52. The Labute approximate surface area is 660 Å². The van der Waals surface area contributed by atoms with E-state index in [4.69, 9.17) is 31.0 Å². The number of benzene rings is 4. The molecule has 111 heavy (non-hydrogen) atoms. The van der Waals surface area contributed by atoms with Crippen molar-refractivity contribution in [1.29, 1.82) is 5.53 Å². The Kier molecular flexibility index (Phi) is 34.3. The van der Waals surface area contributed by atoms with Crippen molar-refractivity contribution >= 4 is 138 Å². The van der Waals surface area contributed by atoms with Crippen molar-refractivity contribution in [3.63, 3.8) is 0 Å². The summed E-state index contributed by atoms with van der Waals surface area (Å²) in [6.07, 6.45) is 2.63. The third-order valence-corrected chi connectivity index (χ3v) is 23.9. The fourth-order valence-electron chi connectivity index (χ4n) is 12.7. The zero-order valence-corrected chi connectivity index (χ0v) is 66.2. The molecule has 35 heteroatoms. The number of esters is 2. The zero-order valence-electron chi connectivity index (χ0n) is 62.9. The van der Waals surface area contributed by atoms with Crippen LogP contribution < -0.4 is 32.3 Å². The molecule has 8 atom stereocenters. The maximum Gasteiger partial charge on any atom is 0.411 e. The molecule has 3 aliphatic rings. The molecule has 31 nitrogen and oxygen atoms in total. The second-order valence-electron chi connectivity index (χ2n) is 28.4. The summed E-state index contributed by atoms with van der Waals surface area (Å²) in [5.74, 6) is -7.51. The average Bonchev–Trinajstić information content (AvgIpc) is 1.73. The number of para-hydroxylation sites is 1. The minimum absolute atomic E-state index is 0.0264. The van der Waals surface area contributed by atoms with Gasteiger partial charge < -0.3 is 66.2 Å². The SMILES string of the molecule is CN(C)CCCC[C@H](NC(=O)[C@H](CSSC(C)(C)C)CC(=O)OCc1ccc(N=[N+]=[N-])cc1)C(=O)N[C@@H](Cc1c[nH]c2ccccc12)C(=O)OCC(=O)N1CCC[C@H]1C(=O)N[C@@H](CCCCNC(=O)C1CSCN1C(=O)OCc1ccc(N=N)cc1)C(=O)N[C@@H](CC(=O)SCc1ccccc1)C(=O)N1CCC[C@H]1C(N)=O. The van der Waals surface area contributed by atoms with Gasteiger partial charge in [-0.3, -0.25) is 52.8 Å². The monoisotopic (exact) mass is 1600 g/mol. The summed E-state index contributed by atoms with van der Waals surface area (Å²) in [5.41, 5.74) is 26.0. The van der Waals surface area contributed by atoms with Gasteiger partial charge in [-0.15, -0.1) is 11.8 Å². The van der Waals surface area contributed by atoms with E-state index in [2.05, 4.69) is 46.7 Å². The summed E-state index contributed by atoms with van der Waals surface area (Å²) < 4.78 is 16.7. The number of carbonyl (C=O) groups is 12. The second-order valence-corrected chi connectivity index (χ2v) is 33.6. The average molecular weight is 1600 g/mol. The van der Waals surface area contributed by atoms with E-state index in [-0.39, 0.29) is 106 Å². The Hall–Kier alpha value is -9.67. The number of thioether (sulfide) groups is 2. The minimum Gasteiger partial charge on any atom is -0.461 e. The number of ether oxygens (including phenoxy) is 3. The Morgan fingerprint density at radius 3 is 2.00 bits per heavy atom. The Morgan fingerprint density at radius 1 is 0.694 bits per heavy atom. The van der Waals surface area contributed by atoms with Crippen molar-refractivity contribution < 1.29 is 71.7 Å². The van der Waals surface area contributed by atoms with Crippen LogP contribution in [0.1, 0.15) is 120 Å². The third kappa shape index (κ3) is 27.6. The Bertz CT molecular complexity index is 4110. The molecule has 8 rings (SSSR count). The molecule has 9 amide bonds. The van der Waals surface area contributed by atoms with Crippen LogP contribution in [0.5, 0.6) is 0 Å². The van der Waals surface area contributed by atoms with Crippen LogP contribution in [-0.4, -0.2) is 206 Å². The fraction of sp³-hybridized carbons (Fsp3) is 0.500. The Morgan fingerprint density at radius 2 is 1.32 bits per heavy atom. The number of nitrogens with two attached hydrogens (primary N) is 1. The number of nitrogens with zero attached hydrogens (tertiary/aromatic N) is 8. The van der Waals surface area contributed by atoms with Crippen LogP contribution in [0.25, 0.3) is 21.3 Å². The number of likely N-dealkylation sites (tertiary alicyclic amines) is 2. The van der Waals surface area contributed by atoms with Gasteiger partial charge in [-0.1, -0.05) is 144 Å². The fourth-order valence-corrected chi connectivity index (χ4v) is 17.2. The van der Waals surface area contributed by atoms with Crippen LogP contribution in [-0.2, 0) is 92.3 Å². The number of nitrogens with one attached hydrogen (secondary N) is 7. The lowest BCUT2D eigenvalue weighted by atomic mass is 10.0. The molecule has 0 bridgehead atoms. The van der Waals surface area contributed by atoms with E-state index in [0.717, 1.165) is 28.2 Å². The molecule has 3 saturated heterocycles. The van der Waals surface area contributed by atoms with Gasteiger partial charge in [-0.2, -0.15) is 5.11 Å². The number of azide groups is 1. The molecule has 0 aliphatic carbocycles. The Balaban J connectivity index is 0.970. The lowest BCUT2D eigenvalue weighted by Crippen LogP contribution is -2.58. The lowest BCUT2D eigenvalue weighted by molar-refractivity contribution is -0.155. The van der Waals surface area contributed by atoms with Gasteiger partial charge in [-0.05, 0) is 131 Å². The molecule has 3 aliphatic heterocycles. The molecule has 0 spiro atoms. The number of carbonyl (C=O) groups excluding carboxylic acids is 12. The van der Waals surface area contributed by atoms with Crippen LogP contribution in [0.3, 0.4) is 0 Å². The van der Waals surface area contributed by atoms with Gasteiger partial charge in [0.25, 0.3) is 5.91 Å². The van der Waals surface area contributed by atoms with Gasteiger partial charge in [0, 0.05) is 82.2 Å². The number of aromatic amines is 1. The standard InChI is InChI=1S/C76H98N16O15S4/c1-76(2,3)111-110-45-52(38-65(94)105-41-48-27-31-54(32-28-48)87-88-79)68(97)82-57(22-12-14-34-89(4)5)70(99)85-60(37-51-40-81-56-20-10-9-19-55(51)56)74(103)106-43-64(93)90-35-16-24-62(90)72(101)83-58(21-11-13-33-80-71(100)63-46-108-47-92(63)75(104)107-42-49-25-29-53(86-78)30-26-49)69(98)84-59(73(102)91-36-15-23-61(91)67(77)96)39-66(95)109-44-50-17-7-6-8-18-50/h6-10,17-20,25-32,40,52,57-63,78,81H,11-16,21-24,33-39,41-47H2,1-5H3,(H2,77,96)(H,80,100)(H,82,97)(H,83,101)(H,84,98)(H,85,99)/t52-,57-,58-,59-,60-,61-,62-,63?/m0/s1. The molecular formula is C76H98N16O15S4. The van der Waals surface area contributed by atoms with E-state index < -0.39 is 132 Å². The summed E-state index contributed by atoms with van der Waals surface area (Å²) >= 11 is 2.30. The number of primary amides is 1. The summed E-state index contributed by atoms with van der Waals surface area (Å²) in [6.45, 7) is 5.79. The van der Waals surface area contributed by atoms with Crippen LogP contribution in [0.2, 0.25) is 0 Å². The number of H-pyrrole nitrogens is 1. The molecule has 9 N–H and O–H groups in total. The molecule has 1 unspecified atom stereocenters. The third-order valence-electron chi connectivity index (χ3n) is 18.5. The molecule has 0 saturated carbocycles. The molecule has 3 fully saturated rings. The molecule has 4 aromatic carbocycles. The number of rotatable bonds is 41. The first-order chi connectivity index (χ1) is 53.3. The first-order valence-corrected chi connectivity index (χ1v) is 41.3. The quantitative estimate of drug-likeness (QED) is 0.00344. The molecule has 4 heterocycles. The van der Waals surface area contributed by atoms with E-state index in [0.29, 0.717) is 66.0 Å². The van der Waals surface area contributed by atoms with Crippen LogP contribution in [0.15, 0.2) is 120 Å². The summed E-state index contributed by atoms with van der Waals surface area (Å²) in [7, 11) is 6.71. The van der Waals surface area contributed by atoms with Crippen LogP contribution in [0, 0.1) is 11.4 Å². The largest absolute Gasteiger partial charge is 0.461 e.